The number of hydrogen-bond acceptors (Lipinski definition) is 6. The van der Waals surface area contributed by atoms with Gasteiger partial charge in [-0.05, 0) is 5.92 Å². The van der Waals surface area contributed by atoms with Crippen LogP contribution in [0.2, 0.25) is 0 Å². The highest BCUT2D eigenvalue weighted by molar-refractivity contribution is 5.88. The number of piperazine rings is 1. The average molecular weight is 275 g/mol. The van der Waals surface area contributed by atoms with Crippen molar-refractivity contribution in [1.29, 1.82) is 0 Å². The molecule has 7 heteroatoms. The number of nitrogens with zero attached hydrogens (tertiary/aromatic N) is 5. The molecule has 0 unspecified atom stereocenters. The molecule has 0 saturated carbocycles. The van der Waals surface area contributed by atoms with Crippen LogP contribution in [-0.2, 0) is 7.05 Å². The molecule has 1 atom stereocenters. The van der Waals surface area contributed by atoms with Gasteiger partial charge in [-0.2, -0.15) is 15.1 Å². The highest BCUT2D eigenvalue weighted by atomic mass is 15.3. The van der Waals surface area contributed by atoms with Gasteiger partial charge in [-0.15, -0.1) is 0 Å². The molecule has 2 aromatic rings. The van der Waals surface area contributed by atoms with Gasteiger partial charge in [0, 0.05) is 32.7 Å². The number of aromatic nitrogens is 4. The summed E-state index contributed by atoms with van der Waals surface area (Å²) in [6, 6.07) is 0.404. The van der Waals surface area contributed by atoms with E-state index in [-0.39, 0.29) is 0 Å². The molecule has 3 rings (SSSR count). The molecule has 2 aromatic heterocycles. The van der Waals surface area contributed by atoms with Crippen LogP contribution in [0.4, 0.5) is 11.8 Å². The molecule has 0 aromatic carbocycles. The van der Waals surface area contributed by atoms with Gasteiger partial charge in [-0.3, -0.25) is 4.68 Å². The zero-order valence-corrected chi connectivity index (χ0v) is 12.2. The quantitative estimate of drug-likeness (QED) is 0.824. The minimum absolute atomic E-state index is 0.303. The summed E-state index contributed by atoms with van der Waals surface area (Å²) in [6.45, 7) is 7.30. The van der Waals surface area contributed by atoms with Crippen LogP contribution in [-0.4, -0.2) is 45.4 Å². The van der Waals surface area contributed by atoms with Gasteiger partial charge in [0.2, 0.25) is 5.95 Å². The first-order valence-electron chi connectivity index (χ1n) is 7.00. The van der Waals surface area contributed by atoms with Crippen molar-refractivity contribution in [2.24, 2.45) is 13.0 Å². The fourth-order valence-electron chi connectivity index (χ4n) is 2.83. The molecule has 108 valence electrons. The molecule has 7 nitrogen and oxygen atoms in total. The molecule has 0 radical (unpaired) electrons. The van der Waals surface area contributed by atoms with E-state index in [0.29, 0.717) is 17.9 Å². The van der Waals surface area contributed by atoms with E-state index in [4.69, 9.17) is 5.73 Å². The monoisotopic (exact) mass is 275 g/mol. The third-order valence-corrected chi connectivity index (χ3v) is 3.91. The first-order chi connectivity index (χ1) is 9.58. The number of aryl methyl sites for hydroxylation is 1. The highest BCUT2D eigenvalue weighted by Gasteiger charge is 2.28. The fourth-order valence-corrected chi connectivity index (χ4v) is 2.83. The van der Waals surface area contributed by atoms with Crippen LogP contribution in [0.1, 0.15) is 13.8 Å². The zero-order chi connectivity index (χ0) is 14.3. The standard InChI is InChI=1S/C13H21N7/c1-8(2)10-7-15-4-5-20(10)12-9-6-16-19(3)11(9)17-13(14)18-12/h6,8,10,15H,4-5,7H2,1-3H3,(H2,14,17,18)/t10-/m1/s1. The molecule has 0 bridgehead atoms. The normalized spacial score (nSPS) is 20.0. The molecule has 0 aliphatic carbocycles. The Hall–Kier alpha value is -1.89. The Morgan fingerprint density at radius 1 is 1.40 bits per heavy atom. The summed E-state index contributed by atoms with van der Waals surface area (Å²) in [5, 5.41) is 8.69. The van der Waals surface area contributed by atoms with Crippen molar-refractivity contribution >= 4 is 22.8 Å². The first-order valence-corrected chi connectivity index (χ1v) is 7.00. The molecule has 0 amide bonds. The summed E-state index contributed by atoms with van der Waals surface area (Å²) < 4.78 is 1.74. The van der Waals surface area contributed by atoms with E-state index in [0.717, 1.165) is 36.5 Å². The molecule has 3 heterocycles. The topological polar surface area (TPSA) is 84.9 Å². The number of anilines is 2. The average Bonchev–Trinajstić information content (AvgIpc) is 2.79. The summed E-state index contributed by atoms with van der Waals surface area (Å²) in [4.78, 5) is 11.1. The maximum Gasteiger partial charge on any atom is 0.224 e. The molecular weight excluding hydrogens is 254 g/mol. The van der Waals surface area contributed by atoms with E-state index >= 15 is 0 Å². The van der Waals surface area contributed by atoms with Crippen LogP contribution in [0.3, 0.4) is 0 Å². The largest absolute Gasteiger partial charge is 0.368 e. The lowest BCUT2D eigenvalue weighted by molar-refractivity contribution is 0.389. The van der Waals surface area contributed by atoms with Crippen molar-refractivity contribution in [3.63, 3.8) is 0 Å². The summed E-state index contributed by atoms with van der Waals surface area (Å²) in [6.07, 6.45) is 1.82. The minimum atomic E-state index is 0.303. The second kappa shape index (κ2) is 4.90. The van der Waals surface area contributed by atoms with Crippen molar-refractivity contribution in [1.82, 2.24) is 25.1 Å². The number of nitrogens with two attached hydrogens (primary N) is 1. The lowest BCUT2D eigenvalue weighted by Crippen LogP contribution is -2.54. The van der Waals surface area contributed by atoms with E-state index in [9.17, 15) is 0 Å². The van der Waals surface area contributed by atoms with Gasteiger partial charge < -0.3 is 16.0 Å². The Morgan fingerprint density at radius 2 is 2.20 bits per heavy atom. The molecular formula is C13H21N7. The Kier molecular flexibility index (Phi) is 3.21. The molecule has 1 aliphatic heterocycles. The van der Waals surface area contributed by atoms with Crippen LogP contribution in [0, 0.1) is 5.92 Å². The highest BCUT2D eigenvalue weighted by Crippen LogP contribution is 2.28. The maximum absolute atomic E-state index is 5.88. The van der Waals surface area contributed by atoms with Crippen molar-refractivity contribution in [2.75, 3.05) is 30.3 Å². The second-order valence-corrected chi connectivity index (χ2v) is 5.62. The van der Waals surface area contributed by atoms with Crippen molar-refractivity contribution in [3.05, 3.63) is 6.20 Å². The second-order valence-electron chi connectivity index (χ2n) is 5.62. The van der Waals surface area contributed by atoms with Gasteiger partial charge in [-0.1, -0.05) is 13.8 Å². The SMILES string of the molecule is CC(C)[C@H]1CNCCN1c1nc(N)nc2c1cnn2C. The van der Waals surface area contributed by atoms with Crippen LogP contribution >= 0.6 is 0 Å². The van der Waals surface area contributed by atoms with E-state index in [1.54, 1.807) is 4.68 Å². The van der Waals surface area contributed by atoms with Gasteiger partial charge in [-0.25, -0.2) is 0 Å². The minimum Gasteiger partial charge on any atom is -0.368 e. The fraction of sp³-hybridized carbons (Fsp3) is 0.615. The lowest BCUT2D eigenvalue weighted by atomic mass is 10.0. The number of fused-ring (bicyclic) bond motifs is 1. The Balaban J connectivity index is 2.12. The lowest BCUT2D eigenvalue weighted by Gasteiger charge is -2.39. The Bertz CT molecular complexity index is 618. The number of nitrogen functional groups attached to an aromatic ring is 1. The molecule has 0 spiro atoms. The van der Waals surface area contributed by atoms with E-state index in [2.05, 4.69) is 39.1 Å². The van der Waals surface area contributed by atoms with Gasteiger partial charge in [0.25, 0.3) is 0 Å². The predicted molar refractivity (Wildman–Crippen MR) is 79.6 cm³/mol. The third kappa shape index (κ3) is 2.07. The molecule has 3 N–H and O–H groups in total. The van der Waals surface area contributed by atoms with Crippen molar-refractivity contribution < 1.29 is 0 Å². The van der Waals surface area contributed by atoms with Gasteiger partial charge >= 0.3 is 0 Å². The zero-order valence-electron chi connectivity index (χ0n) is 12.2. The summed E-state index contributed by atoms with van der Waals surface area (Å²) in [7, 11) is 1.87. The van der Waals surface area contributed by atoms with Crippen LogP contribution < -0.4 is 16.0 Å². The smallest absolute Gasteiger partial charge is 0.224 e. The molecule has 1 fully saturated rings. The van der Waals surface area contributed by atoms with Gasteiger partial charge in [0.15, 0.2) is 5.65 Å². The number of nitrogens with one attached hydrogen (secondary N) is 1. The van der Waals surface area contributed by atoms with E-state index in [1.165, 1.54) is 0 Å². The van der Waals surface area contributed by atoms with E-state index in [1.807, 2.05) is 13.2 Å². The maximum atomic E-state index is 5.88. The van der Waals surface area contributed by atoms with Crippen LogP contribution in [0.25, 0.3) is 11.0 Å². The molecule has 20 heavy (non-hydrogen) atoms. The van der Waals surface area contributed by atoms with Crippen molar-refractivity contribution in [3.8, 4) is 0 Å². The summed E-state index contributed by atoms with van der Waals surface area (Å²) >= 11 is 0. The van der Waals surface area contributed by atoms with E-state index < -0.39 is 0 Å². The predicted octanol–water partition coefficient (Wildman–Crippen LogP) is 0.380. The Labute approximate surface area is 118 Å². The van der Waals surface area contributed by atoms with Crippen molar-refractivity contribution in [2.45, 2.75) is 19.9 Å². The summed E-state index contributed by atoms with van der Waals surface area (Å²) in [5.74, 6) is 1.74. The van der Waals surface area contributed by atoms with Crippen LogP contribution in [0.5, 0.6) is 0 Å². The number of hydrogen-bond donors (Lipinski definition) is 2. The molecule has 1 aliphatic rings. The number of rotatable bonds is 2. The van der Waals surface area contributed by atoms with Gasteiger partial charge in [0.1, 0.15) is 5.82 Å². The Morgan fingerprint density at radius 3 is 2.95 bits per heavy atom. The molecule has 1 saturated heterocycles. The summed E-state index contributed by atoms with van der Waals surface area (Å²) in [5.41, 5.74) is 6.66. The first kappa shape index (κ1) is 13.1. The van der Waals surface area contributed by atoms with Crippen LogP contribution in [0.15, 0.2) is 6.20 Å². The van der Waals surface area contributed by atoms with Gasteiger partial charge in [0.05, 0.1) is 11.6 Å². The third-order valence-electron chi connectivity index (χ3n) is 3.91.